The van der Waals surface area contributed by atoms with Crippen LogP contribution in [0, 0.1) is 12.8 Å². The summed E-state index contributed by atoms with van der Waals surface area (Å²) in [7, 11) is 2.20. The van der Waals surface area contributed by atoms with Crippen LogP contribution in [0.25, 0.3) is 0 Å². The highest BCUT2D eigenvalue weighted by Gasteiger charge is 2.18. The van der Waals surface area contributed by atoms with Crippen LogP contribution in [0.1, 0.15) is 46.1 Å². The fourth-order valence-corrected chi connectivity index (χ4v) is 2.54. The Labute approximate surface area is 131 Å². The van der Waals surface area contributed by atoms with Gasteiger partial charge in [-0.25, -0.2) is 0 Å². The molecule has 116 valence electrons. The van der Waals surface area contributed by atoms with E-state index in [0.29, 0.717) is 12.0 Å². The van der Waals surface area contributed by atoms with Gasteiger partial charge in [-0.1, -0.05) is 55.3 Å². The molecule has 0 saturated carbocycles. The van der Waals surface area contributed by atoms with Crippen LogP contribution >= 0.6 is 0 Å². The summed E-state index contributed by atoms with van der Waals surface area (Å²) < 4.78 is 0. The van der Waals surface area contributed by atoms with E-state index >= 15 is 0 Å². The van der Waals surface area contributed by atoms with Gasteiger partial charge in [-0.3, -0.25) is 0 Å². The van der Waals surface area contributed by atoms with E-state index in [0.717, 1.165) is 12.8 Å². The Morgan fingerprint density at radius 1 is 1.19 bits per heavy atom. The lowest BCUT2D eigenvalue weighted by atomic mass is 9.92. The first-order valence-corrected chi connectivity index (χ1v) is 8.09. The lowest BCUT2D eigenvalue weighted by molar-refractivity contribution is 0.458. The smallest absolute Gasteiger partial charge is 0.0366 e. The second kappa shape index (κ2) is 8.71. The maximum Gasteiger partial charge on any atom is 0.0366 e. The maximum atomic E-state index is 2.40. The summed E-state index contributed by atoms with van der Waals surface area (Å²) in [6, 6.07) is 9.33. The lowest BCUT2D eigenvalue weighted by Gasteiger charge is -2.32. The van der Waals surface area contributed by atoms with Crippen molar-refractivity contribution >= 4 is 5.69 Å². The molecule has 0 aliphatic carbocycles. The molecule has 1 aromatic rings. The molecule has 0 spiro atoms. The van der Waals surface area contributed by atoms with E-state index in [2.05, 4.69) is 89.1 Å². The van der Waals surface area contributed by atoms with E-state index in [1.807, 2.05) is 0 Å². The monoisotopic (exact) mass is 285 g/mol. The molecule has 21 heavy (non-hydrogen) atoms. The van der Waals surface area contributed by atoms with Crippen LogP contribution in [-0.4, -0.2) is 13.1 Å². The molecule has 2 atom stereocenters. The van der Waals surface area contributed by atoms with E-state index < -0.39 is 0 Å². The quantitative estimate of drug-likeness (QED) is 0.576. The van der Waals surface area contributed by atoms with Crippen molar-refractivity contribution in [2.45, 2.75) is 53.5 Å². The van der Waals surface area contributed by atoms with Crippen molar-refractivity contribution < 1.29 is 0 Å². The Morgan fingerprint density at radius 2 is 1.81 bits per heavy atom. The number of aryl methyl sites for hydroxylation is 1. The topological polar surface area (TPSA) is 3.24 Å². The molecule has 0 N–H and O–H groups in total. The van der Waals surface area contributed by atoms with E-state index in [-0.39, 0.29) is 0 Å². The second-order valence-corrected chi connectivity index (χ2v) is 6.07. The first kappa shape index (κ1) is 17.6. The van der Waals surface area contributed by atoms with Gasteiger partial charge in [0.05, 0.1) is 0 Å². The van der Waals surface area contributed by atoms with Crippen LogP contribution in [0.5, 0.6) is 0 Å². The molecule has 0 fully saturated rings. The number of nitrogens with zero attached hydrogens (tertiary/aromatic N) is 1. The largest absolute Gasteiger partial charge is 0.372 e. The number of hydrogen-bond donors (Lipinski definition) is 0. The first-order chi connectivity index (χ1) is 9.99. The molecule has 0 radical (unpaired) electrons. The minimum absolute atomic E-state index is 0.522. The molecular weight excluding hydrogens is 254 g/mol. The molecule has 0 aliphatic rings. The fourth-order valence-electron chi connectivity index (χ4n) is 2.54. The van der Waals surface area contributed by atoms with E-state index in [4.69, 9.17) is 0 Å². The maximum absolute atomic E-state index is 2.40. The van der Waals surface area contributed by atoms with Crippen molar-refractivity contribution in [1.29, 1.82) is 0 Å². The average Bonchev–Trinajstić information content (AvgIpc) is 2.50. The first-order valence-electron chi connectivity index (χ1n) is 8.09. The van der Waals surface area contributed by atoms with Gasteiger partial charge in [0.15, 0.2) is 0 Å². The predicted octanol–water partition coefficient (Wildman–Crippen LogP) is 5.76. The van der Waals surface area contributed by atoms with Crippen LogP contribution < -0.4 is 4.90 Å². The molecule has 1 heteroatoms. The summed E-state index contributed by atoms with van der Waals surface area (Å²) in [4.78, 5) is 2.40. The summed E-state index contributed by atoms with van der Waals surface area (Å²) in [5.41, 5.74) is 4.15. The molecule has 0 aliphatic heterocycles. The number of allylic oxidation sites excluding steroid dienone is 4. The minimum atomic E-state index is 0.522. The third-order valence-corrected chi connectivity index (χ3v) is 4.44. The minimum Gasteiger partial charge on any atom is -0.372 e. The van der Waals surface area contributed by atoms with Gasteiger partial charge in [0.1, 0.15) is 0 Å². The third-order valence-electron chi connectivity index (χ3n) is 4.44. The van der Waals surface area contributed by atoms with E-state index in [9.17, 15) is 0 Å². The second-order valence-electron chi connectivity index (χ2n) is 6.07. The Balaban J connectivity index is 2.72. The number of benzene rings is 1. The third kappa shape index (κ3) is 5.41. The van der Waals surface area contributed by atoms with Crippen molar-refractivity contribution in [3.05, 3.63) is 53.6 Å². The van der Waals surface area contributed by atoms with Crippen molar-refractivity contribution in [2.24, 2.45) is 5.92 Å². The van der Waals surface area contributed by atoms with Gasteiger partial charge >= 0.3 is 0 Å². The fraction of sp³-hybridized carbons (Fsp3) is 0.500. The molecule has 0 saturated heterocycles. The summed E-state index contributed by atoms with van der Waals surface area (Å²) in [5, 5.41) is 0. The van der Waals surface area contributed by atoms with Crippen LogP contribution in [0.4, 0.5) is 5.69 Å². The molecule has 0 heterocycles. The number of rotatable bonds is 7. The number of anilines is 1. The highest BCUT2D eigenvalue weighted by atomic mass is 15.1. The van der Waals surface area contributed by atoms with Gasteiger partial charge in [-0.05, 0) is 51.7 Å². The summed E-state index contributed by atoms with van der Waals surface area (Å²) in [5.74, 6) is 0.632. The van der Waals surface area contributed by atoms with Crippen molar-refractivity contribution in [3.8, 4) is 0 Å². The van der Waals surface area contributed by atoms with Gasteiger partial charge in [0, 0.05) is 18.8 Å². The zero-order valence-corrected chi connectivity index (χ0v) is 14.6. The SMILES string of the molecule is CC=CC=C(CC)CC(C)C(C)N(C)c1ccc(C)cc1. The van der Waals surface area contributed by atoms with Crippen molar-refractivity contribution in [2.75, 3.05) is 11.9 Å². The zero-order valence-electron chi connectivity index (χ0n) is 14.6. The molecule has 2 unspecified atom stereocenters. The lowest BCUT2D eigenvalue weighted by Crippen LogP contribution is -2.34. The van der Waals surface area contributed by atoms with Gasteiger partial charge in [0.25, 0.3) is 0 Å². The van der Waals surface area contributed by atoms with Crippen molar-refractivity contribution in [3.63, 3.8) is 0 Å². The zero-order chi connectivity index (χ0) is 15.8. The molecule has 0 bridgehead atoms. The molecule has 1 nitrogen and oxygen atoms in total. The highest BCUT2D eigenvalue weighted by molar-refractivity contribution is 5.47. The van der Waals surface area contributed by atoms with Crippen LogP contribution in [0.2, 0.25) is 0 Å². The molecule has 0 amide bonds. The average molecular weight is 285 g/mol. The summed E-state index contributed by atoms with van der Waals surface area (Å²) in [6.07, 6.45) is 8.82. The summed E-state index contributed by atoms with van der Waals surface area (Å²) in [6.45, 7) is 11.1. The molecular formula is C20H31N. The number of hydrogen-bond acceptors (Lipinski definition) is 1. The standard InChI is InChI=1S/C20H31N/c1-7-9-10-19(8-2)15-17(4)18(5)21(6)20-13-11-16(3)12-14-20/h7,9-14,17-18H,8,15H2,1-6H3. The predicted molar refractivity (Wildman–Crippen MR) is 96.0 cm³/mol. The Hall–Kier alpha value is -1.50. The van der Waals surface area contributed by atoms with E-state index in [1.54, 1.807) is 0 Å². The Kier molecular flexibility index (Phi) is 7.28. The Bertz CT molecular complexity index is 467. The molecule has 0 aromatic heterocycles. The van der Waals surface area contributed by atoms with Gasteiger partial charge in [-0.2, -0.15) is 0 Å². The highest BCUT2D eigenvalue weighted by Crippen LogP contribution is 2.24. The van der Waals surface area contributed by atoms with Gasteiger partial charge in [0.2, 0.25) is 0 Å². The van der Waals surface area contributed by atoms with Crippen LogP contribution in [0.15, 0.2) is 48.1 Å². The molecule has 1 aromatic carbocycles. The van der Waals surface area contributed by atoms with Gasteiger partial charge in [-0.15, -0.1) is 0 Å². The van der Waals surface area contributed by atoms with Crippen LogP contribution in [-0.2, 0) is 0 Å². The Morgan fingerprint density at radius 3 is 2.33 bits per heavy atom. The van der Waals surface area contributed by atoms with Crippen LogP contribution in [0.3, 0.4) is 0 Å². The van der Waals surface area contributed by atoms with Crippen molar-refractivity contribution in [1.82, 2.24) is 0 Å². The molecule has 1 rings (SSSR count). The normalized spacial score (nSPS) is 15.2. The van der Waals surface area contributed by atoms with Gasteiger partial charge < -0.3 is 4.90 Å². The summed E-state index contributed by atoms with van der Waals surface area (Å²) >= 11 is 0. The van der Waals surface area contributed by atoms with E-state index in [1.165, 1.54) is 16.8 Å².